The molecule has 1 aromatic carbocycles. The normalized spacial score (nSPS) is 22.8. The highest BCUT2D eigenvalue weighted by atomic mass is 16.3. The highest BCUT2D eigenvalue weighted by Gasteiger charge is 2.33. The van der Waals surface area contributed by atoms with Gasteiger partial charge in [0.2, 0.25) is 0 Å². The van der Waals surface area contributed by atoms with Gasteiger partial charge in [-0.3, -0.25) is 0 Å². The van der Waals surface area contributed by atoms with E-state index in [-0.39, 0.29) is 0 Å². The van der Waals surface area contributed by atoms with Crippen molar-refractivity contribution in [1.82, 2.24) is 10.3 Å². The smallest absolute Gasteiger partial charge is 0.128 e. The van der Waals surface area contributed by atoms with Crippen LogP contribution in [0.5, 0.6) is 0 Å². The number of hydrogen-bond acceptors (Lipinski definition) is 4. The first-order chi connectivity index (χ1) is 12.2. The second-order valence-corrected chi connectivity index (χ2v) is 7.36. The van der Waals surface area contributed by atoms with Gasteiger partial charge in [0, 0.05) is 32.4 Å². The zero-order chi connectivity index (χ0) is 17.1. The minimum atomic E-state index is -0.752. The average Bonchev–Trinajstić information content (AvgIpc) is 3.17. The van der Waals surface area contributed by atoms with Crippen molar-refractivity contribution in [2.45, 2.75) is 44.2 Å². The van der Waals surface area contributed by atoms with Crippen LogP contribution in [-0.4, -0.2) is 29.7 Å². The number of aryl methyl sites for hydroxylation is 1. The summed E-state index contributed by atoms with van der Waals surface area (Å²) >= 11 is 0. The Labute approximate surface area is 149 Å². The molecule has 132 valence electrons. The molecule has 0 bridgehead atoms. The van der Waals surface area contributed by atoms with Crippen molar-refractivity contribution >= 4 is 5.82 Å². The number of benzene rings is 1. The molecule has 4 heteroatoms. The van der Waals surface area contributed by atoms with E-state index in [1.54, 1.807) is 0 Å². The van der Waals surface area contributed by atoms with E-state index in [0.717, 1.165) is 55.8 Å². The molecule has 1 unspecified atom stereocenters. The minimum absolute atomic E-state index is 0.581. The van der Waals surface area contributed by atoms with Crippen LogP contribution in [0, 0.1) is 0 Å². The quantitative estimate of drug-likeness (QED) is 0.881. The highest BCUT2D eigenvalue weighted by molar-refractivity contribution is 5.40. The second kappa shape index (κ2) is 7.14. The molecule has 1 atom stereocenters. The van der Waals surface area contributed by atoms with E-state index >= 15 is 0 Å². The van der Waals surface area contributed by atoms with Gasteiger partial charge < -0.3 is 15.3 Å². The van der Waals surface area contributed by atoms with Gasteiger partial charge >= 0.3 is 0 Å². The molecule has 1 aliphatic heterocycles. The van der Waals surface area contributed by atoms with Crippen LogP contribution < -0.4 is 10.2 Å². The van der Waals surface area contributed by atoms with Crippen molar-refractivity contribution < 1.29 is 5.11 Å². The molecule has 25 heavy (non-hydrogen) atoms. The second-order valence-electron chi connectivity index (χ2n) is 7.36. The Kier molecular flexibility index (Phi) is 4.73. The molecule has 0 amide bonds. The zero-order valence-electron chi connectivity index (χ0n) is 14.7. The van der Waals surface area contributed by atoms with Crippen LogP contribution in [0.2, 0.25) is 0 Å². The molecule has 2 aromatic rings. The lowest BCUT2D eigenvalue weighted by molar-refractivity contribution is 0.0189. The van der Waals surface area contributed by atoms with Gasteiger partial charge in [-0.2, -0.15) is 0 Å². The molecule has 4 nitrogen and oxygen atoms in total. The number of anilines is 1. The van der Waals surface area contributed by atoms with Gasteiger partial charge in [0.15, 0.2) is 0 Å². The van der Waals surface area contributed by atoms with Crippen molar-refractivity contribution in [3.05, 3.63) is 59.3 Å². The fourth-order valence-corrected chi connectivity index (χ4v) is 4.15. The minimum Gasteiger partial charge on any atom is -0.384 e. The number of nitrogens with one attached hydrogen (secondary N) is 1. The summed E-state index contributed by atoms with van der Waals surface area (Å²) in [5, 5.41) is 14.5. The van der Waals surface area contributed by atoms with Gasteiger partial charge in [0.05, 0.1) is 0 Å². The van der Waals surface area contributed by atoms with Crippen molar-refractivity contribution in [2.75, 3.05) is 24.5 Å². The lowest BCUT2D eigenvalue weighted by atomic mass is 9.79. The molecule has 2 N–H and O–H groups in total. The molecule has 2 aliphatic rings. The molecular weight excluding hydrogens is 310 g/mol. The van der Waals surface area contributed by atoms with E-state index in [0.29, 0.717) is 6.54 Å². The third-order valence-corrected chi connectivity index (χ3v) is 5.54. The Morgan fingerprint density at radius 2 is 1.92 bits per heavy atom. The summed E-state index contributed by atoms with van der Waals surface area (Å²) in [7, 11) is 0. The molecular formula is C21H27N3O. The van der Waals surface area contributed by atoms with Gasteiger partial charge in [-0.05, 0) is 54.9 Å². The summed E-state index contributed by atoms with van der Waals surface area (Å²) in [4.78, 5) is 6.95. The van der Waals surface area contributed by atoms with Crippen molar-refractivity contribution in [3.8, 4) is 0 Å². The Morgan fingerprint density at radius 1 is 1.08 bits per heavy atom. The van der Waals surface area contributed by atoms with E-state index < -0.39 is 5.60 Å². The SMILES string of the molecule is OC1(CNCc2ccc(N3CCCC3)nc2)CCCc2ccccc21. The maximum absolute atomic E-state index is 11.1. The topological polar surface area (TPSA) is 48.4 Å². The molecule has 4 rings (SSSR count). The predicted octanol–water partition coefficient (Wildman–Crippen LogP) is 3.00. The number of aromatic nitrogens is 1. The maximum Gasteiger partial charge on any atom is 0.128 e. The van der Waals surface area contributed by atoms with Crippen LogP contribution >= 0.6 is 0 Å². The number of nitrogens with zero attached hydrogens (tertiary/aromatic N) is 2. The summed E-state index contributed by atoms with van der Waals surface area (Å²) in [5.41, 5.74) is 2.79. The van der Waals surface area contributed by atoms with Crippen LogP contribution in [0.3, 0.4) is 0 Å². The van der Waals surface area contributed by atoms with E-state index in [2.05, 4.69) is 45.5 Å². The molecule has 2 heterocycles. The van der Waals surface area contributed by atoms with E-state index in [1.165, 1.54) is 18.4 Å². The number of rotatable bonds is 5. The lowest BCUT2D eigenvalue weighted by Gasteiger charge is -2.34. The van der Waals surface area contributed by atoms with Gasteiger partial charge in [-0.25, -0.2) is 4.98 Å². The monoisotopic (exact) mass is 337 g/mol. The number of pyridine rings is 1. The molecule has 1 saturated heterocycles. The molecule has 0 saturated carbocycles. The van der Waals surface area contributed by atoms with E-state index in [1.807, 2.05) is 12.3 Å². The Hall–Kier alpha value is -1.91. The molecule has 0 spiro atoms. The van der Waals surface area contributed by atoms with E-state index in [4.69, 9.17) is 0 Å². The van der Waals surface area contributed by atoms with Crippen LogP contribution in [0.15, 0.2) is 42.6 Å². The number of fused-ring (bicyclic) bond motifs is 1. The van der Waals surface area contributed by atoms with Crippen LogP contribution in [0.4, 0.5) is 5.82 Å². The first kappa shape index (κ1) is 16.6. The lowest BCUT2D eigenvalue weighted by Crippen LogP contribution is -2.40. The predicted molar refractivity (Wildman–Crippen MR) is 101 cm³/mol. The highest BCUT2D eigenvalue weighted by Crippen LogP contribution is 2.34. The average molecular weight is 337 g/mol. The first-order valence-corrected chi connectivity index (χ1v) is 9.46. The Balaban J connectivity index is 1.36. The van der Waals surface area contributed by atoms with Gasteiger partial charge in [0.25, 0.3) is 0 Å². The third-order valence-electron chi connectivity index (χ3n) is 5.54. The summed E-state index contributed by atoms with van der Waals surface area (Å²) in [6, 6.07) is 12.6. The third kappa shape index (κ3) is 3.55. The Bertz CT molecular complexity index is 709. The van der Waals surface area contributed by atoms with Crippen molar-refractivity contribution in [2.24, 2.45) is 0 Å². The largest absolute Gasteiger partial charge is 0.384 e. The van der Waals surface area contributed by atoms with Crippen LogP contribution in [0.25, 0.3) is 0 Å². The van der Waals surface area contributed by atoms with Crippen LogP contribution in [0.1, 0.15) is 42.4 Å². The molecule has 1 aromatic heterocycles. The van der Waals surface area contributed by atoms with Crippen molar-refractivity contribution in [3.63, 3.8) is 0 Å². The van der Waals surface area contributed by atoms with Gasteiger partial charge in [-0.15, -0.1) is 0 Å². The standard InChI is InChI=1S/C21H27N3O/c25-21(11-5-7-18-6-1-2-8-19(18)21)16-22-14-17-9-10-20(23-15-17)24-12-3-4-13-24/h1-2,6,8-10,15,22,25H,3-5,7,11-14,16H2. The number of aliphatic hydroxyl groups is 1. The van der Waals surface area contributed by atoms with Gasteiger partial charge in [0.1, 0.15) is 11.4 Å². The summed E-state index contributed by atoms with van der Waals surface area (Å²) in [6.07, 6.45) is 7.43. The molecule has 1 fully saturated rings. The summed E-state index contributed by atoms with van der Waals surface area (Å²) < 4.78 is 0. The van der Waals surface area contributed by atoms with Gasteiger partial charge in [-0.1, -0.05) is 30.3 Å². The van der Waals surface area contributed by atoms with Crippen LogP contribution in [-0.2, 0) is 18.6 Å². The molecule has 1 aliphatic carbocycles. The fourth-order valence-electron chi connectivity index (χ4n) is 4.15. The zero-order valence-corrected chi connectivity index (χ0v) is 14.7. The molecule has 0 radical (unpaired) electrons. The maximum atomic E-state index is 11.1. The first-order valence-electron chi connectivity index (χ1n) is 9.46. The number of hydrogen-bond donors (Lipinski definition) is 2. The fraction of sp³-hybridized carbons (Fsp3) is 0.476. The summed E-state index contributed by atoms with van der Waals surface area (Å²) in [5.74, 6) is 1.08. The Morgan fingerprint density at radius 3 is 2.72 bits per heavy atom. The van der Waals surface area contributed by atoms with E-state index in [9.17, 15) is 5.11 Å². The summed E-state index contributed by atoms with van der Waals surface area (Å²) in [6.45, 7) is 3.56. The van der Waals surface area contributed by atoms with Crippen molar-refractivity contribution in [1.29, 1.82) is 0 Å².